The summed E-state index contributed by atoms with van der Waals surface area (Å²) in [5.41, 5.74) is 2.13. The molecule has 5 nitrogen and oxygen atoms in total. The fraction of sp³-hybridized carbons (Fsp3) is 0.533. The van der Waals surface area contributed by atoms with E-state index in [2.05, 4.69) is 4.72 Å². The first-order chi connectivity index (χ1) is 9.87. The van der Waals surface area contributed by atoms with Crippen LogP contribution in [0.3, 0.4) is 0 Å². The lowest BCUT2D eigenvalue weighted by molar-refractivity contribution is -0.122. The number of amides is 1. The highest BCUT2D eigenvalue weighted by atomic mass is 32.2. The Morgan fingerprint density at radius 3 is 2.81 bits per heavy atom. The quantitative estimate of drug-likeness (QED) is 0.900. The molecule has 0 unspecified atom stereocenters. The van der Waals surface area contributed by atoms with Crippen molar-refractivity contribution in [3.8, 4) is 0 Å². The van der Waals surface area contributed by atoms with Crippen molar-refractivity contribution < 1.29 is 17.9 Å². The fourth-order valence-corrected chi connectivity index (χ4v) is 3.90. The van der Waals surface area contributed by atoms with Crippen molar-refractivity contribution in [1.29, 1.82) is 0 Å². The molecule has 0 saturated carbocycles. The largest absolute Gasteiger partial charge is 0.373 e. The van der Waals surface area contributed by atoms with E-state index in [9.17, 15) is 13.2 Å². The van der Waals surface area contributed by atoms with Gasteiger partial charge in [0.15, 0.2) is 0 Å². The Morgan fingerprint density at radius 2 is 2.10 bits per heavy atom. The molecule has 2 rings (SSSR count). The molecular formula is C15H21NO4S. The fourth-order valence-electron chi connectivity index (χ4n) is 2.51. The van der Waals surface area contributed by atoms with E-state index in [0.29, 0.717) is 6.61 Å². The van der Waals surface area contributed by atoms with Gasteiger partial charge in [-0.3, -0.25) is 9.52 Å². The smallest absolute Gasteiger partial charge is 0.236 e. The van der Waals surface area contributed by atoms with E-state index in [0.717, 1.165) is 17.5 Å². The molecule has 0 spiro atoms. The molecule has 1 atom stereocenters. The standard InChI is InChI=1S/C15H21NO4S/c1-11(2)10-21(18,19)16-15(17)9-14-13-6-4-3-5-12(13)7-8-20-14/h3-6,11,14H,7-10H2,1-2H3,(H,16,17)/t14-/m0/s1. The Hall–Kier alpha value is -1.40. The third kappa shape index (κ3) is 4.54. The van der Waals surface area contributed by atoms with Crippen molar-refractivity contribution >= 4 is 15.9 Å². The van der Waals surface area contributed by atoms with Gasteiger partial charge >= 0.3 is 0 Å². The maximum atomic E-state index is 11.9. The van der Waals surface area contributed by atoms with Gasteiger partial charge in [0.2, 0.25) is 15.9 Å². The van der Waals surface area contributed by atoms with E-state index in [1.165, 1.54) is 0 Å². The molecule has 1 aromatic rings. The van der Waals surface area contributed by atoms with Gasteiger partial charge in [0.25, 0.3) is 0 Å². The summed E-state index contributed by atoms with van der Waals surface area (Å²) in [5, 5.41) is 0. The molecule has 0 radical (unpaired) electrons. The first-order valence-electron chi connectivity index (χ1n) is 7.10. The SMILES string of the molecule is CC(C)CS(=O)(=O)NC(=O)C[C@@H]1OCCc2ccccc21. The van der Waals surface area contributed by atoms with Gasteiger partial charge in [-0.1, -0.05) is 38.1 Å². The zero-order valence-electron chi connectivity index (χ0n) is 12.3. The lowest BCUT2D eigenvalue weighted by Gasteiger charge is -2.25. The summed E-state index contributed by atoms with van der Waals surface area (Å²) in [6.07, 6.45) is 0.470. The minimum absolute atomic E-state index is 0.0222. The van der Waals surface area contributed by atoms with Crippen molar-refractivity contribution in [3.63, 3.8) is 0 Å². The summed E-state index contributed by atoms with van der Waals surface area (Å²) in [7, 11) is -3.56. The molecule has 0 bridgehead atoms. The normalized spacial score (nSPS) is 18.3. The lowest BCUT2D eigenvalue weighted by atomic mass is 9.96. The topological polar surface area (TPSA) is 72.5 Å². The van der Waals surface area contributed by atoms with Crippen LogP contribution in [0.5, 0.6) is 0 Å². The van der Waals surface area contributed by atoms with Crippen molar-refractivity contribution in [3.05, 3.63) is 35.4 Å². The summed E-state index contributed by atoms with van der Waals surface area (Å²) in [5.74, 6) is -0.597. The van der Waals surface area contributed by atoms with Gasteiger partial charge in [0.1, 0.15) is 0 Å². The van der Waals surface area contributed by atoms with Crippen molar-refractivity contribution in [2.75, 3.05) is 12.4 Å². The summed E-state index contributed by atoms with van der Waals surface area (Å²) in [6.45, 7) is 4.14. The number of nitrogens with one attached hydrogen (secondary N) is 1. The lowest BCUT2D eigenvalue weighted by Crippen LogP contribution is -2.35. The molecular weight excluding hydrogens is 290 g/mol. The number of benzene rings is 1. The first kappa shape index (κ1) is 16.0. The van der Waals surface area contributed by atoms with Gasteiger partial charge in [0, 0.05) is 0 Å². The highest BCUT2D eigenvalue weighted by molar-refractivity contribution is 7.90. The second-order valence-corrected chi connectivity index (χ2v) is 7.48. The Balaban J connectivity index is 2.01. The summed E-state index contributed by atoms with van der Waals surface area (Å²) in [4.78, 5) is 11.9. The predicted molar refractivity (Wildman–Crippen MR) is 80.2 cm³/mol. The number of hydrogen-bond donors (Lipinski definition) is 1. The van der Waals surface area contributed by atoms with Crippen LogP contribution in [0.1, 0.15) is 37.5 Å². The zero-order valence-corrected chi connectivity index (χ0v) is 13.2. The molecule has 0 fully saturated rings. The number of carbonyl (C=O) groups excluding carboxylic acids is 1. The van der Waals surface area contributed by atoms with E-state index in [1.54, 1.807) is 13.8 Å². The van der Waals surface area contributed by atoms with Crippen LogP contribution in [0.4, 0.5) is 0 Å². The predicted octanol–water partition coefficient (Wildman–Crippen LogP) is 1.79. The van der Waals surface area contributed by atoms with Gasteiger partial charge in [-0.15, -0.1) is 0 Å². The number of fused-ring (bicyclic) bond motifs is 1. The van der Waals surface area contributed by atoms with E-state index in [1.807, 2.05) is 24.3 Å². The van der Waals surface area contributed by atoms with Crippen molar-refractivity contribution in [1.82, 2.24) is 4.72 Å². The Morgan fingerprint density at radius 1 is 1.38 bits per heavy atom. The van der Waals surface area contributed by atoms with E-state index < -0.39 is 15.9 Å². The van der Waals surface area contributed by atoms with Crippen LogP contribution >= 0.6 is 0 Å². The van der Waals surface area contributed by atoms with Crippen LogP contribution < -0.4 is 4.72 Å². The highest BCUT2D eigenvalue weighted by Gasteiger charge is 2.25. The molecule has 0 saturated heterocycles. The number of carbonyl (C=O) groups is 1. The average molecular weight is 311 g/mol. The molecule has 0 aromatic heterocycles. The molecule has 0 aliphatic carbocycles. The Bertz CT molecular complexity index is 610. The average Bonchev–Trinajstić information content (AvgIpc) is 2.36. The second-order valence-electron chi connectivity index (χ2n) is 5.71. The molecule has 1 aliphatic rings. The van der Waals surface area contributed by atoms with Crippen LogP contribution in [0, 0.1) is 5.92 Å². The van der Waals surface area contributed by atoms with Crippen molar-refractivity contribution in [2.45, 2.75) is 32.8 Å². The second kappa shape index (κ2) is 6.58. The van der Waals surface area contributed by atoms with Gasteiger partial charge in [-0.25, -0.2) is 8.42 Å². The van der Waals surface area contributed by atoms with E-state index in [4.69, 9.17) is 4.74 Å². The number of rotatable bonds is 5. The summed E-state index contributed by atoms with van der Waals surface area (Å²) >= 11 is 0. The Labute approximate surface area is 125 Å². The van der Waals surface area contributed by atoms with Gasteiger partial charge in [0.05, 0.1) is 24.9 Å². The van der Waals surface area contributed by atoms with E-state index in [-0.39, 0.29) is 24.2 Å². The van der Waals surface area contributed by atoms with Crippen LogP contribution in [-0.4, -0.2) is 26.7 Å². The molecule has 1 aromatic carbocycles. The van der Waals surface area contributed by atoms with Crippen LogP contribution in [0.15, 0.2) is 24.3 Å². The monoisotopic (exact) mass is 311 g/mol. The molecule has 116 valence electrons. The summed E-state index contributed by atoms with van der Waals surface area (Å²) < 4.78 is 31.3. The minimum atomic E-state index is -3.56. The van der Waals surface area contributed by atoms with Crippen molar-refractivity contribution in [2.24, 2.45) is 5.92 Å². The van der Waals surface area contributed by atoms with E-state index >= 15 is 0 Å². The van der Waals surface area contributed by atoms with Gasteiger partial charge in [-0.2, -0.15) is 0 Å². The van der Waals surface area contributed by atoms with Crippen LogP contribution in [-0.2, 0) is 26.0 Å². The zero-order chi connectivity index (χ0) is 15.5. The third-order valence-electron chi connectivity index (χ3n) is 3.29. The maximum absolute atomic E-state index is 11.9. The molecule has 1 heterocycles. The summed E-state index contributed by atoms with van der Waals surface area (Å²) in [6, 6.07) is 7.79. The number of ether oxygens (including phenoxy) is 1. The number of sulfonamides is 1. The van der Waals surface area contributed by atoms with Crippen LogP contribution in [0.25, 0.3) is 0 Å². The van der Waals surface area contributed by atoms with Gasteiger partial charge in [-0.05, 0) is 23.5 Å². The van der Waals surface area contributed by atoms with Crippen LogP contribution in [0.2, 0.25) is 0 Å². The molecule has 6 heteroatoms. The minimum Gasteiger partial charge on any atom is -0.373 e. The molecule has 1 amide bonds. The Kier molecular flexibility index (Phi) is 5.00. The first-order valence-corrected chi connectivity index (χ1v) is 8.75. The number of hydrogen-bond acceptors (Lipinski definition) is 4. The third-order valence-corrected chi connectivity index (χ3v) is 4.93. The maximum Gasteiger partial charge on any atom is 0.236 e. The molecule has 21 heavy (non-hydrogen) atoms. The highest BCUT2D eigenvalue weighted by Crippen LogP contribution is 2.29. The molecule has 1 aliphatic heterocycles. The molecule has 1 N–H and O–H groups in total. The van der Waals surface area contributed by atoms with Gasteiger partial charge < -0.3 is 4.74 Å².